The molecule has 6 heteroatoms. The van der Waals surface area contributed by atoms with E-state index in [9.17, 15) is 0 Å². The third-order valence-corrected chi connectivity index (χ3v) is 4.44. The molecule has 1 aliphatic carbocycles. The zero-order valence-corrected chi connectivity index (χ0v) is 13.8. The van der Waals surface area contributed by atoms with Crippen LogP contribution in [0.15, 0.2) is 46.9 Å². The Balaban J connectivity index is 1.67. The van der Waals surface area contributed by atoms with Gasteiger partial charge in [-0.05, 0) is 49.0 Å². The molecule has 1 aliphatic heterocycles. The van der Waals surface area contributed by atoms with Gasteiger partial charge < -0.3 is 10.1 Å². The molecule has 0 radical (unpaired) electrons. The molecule has 0 unspecified atom stereocenters. The Bertz CT molecular complexity index is 825. The van der Waals surface area contributed by atoms with Crippen LogP contribution in [0.1, 0.15) is 25.6 Å². The van der Waals surface area contributed by atoms with Crippen molar-refractivity contribution in [1.29, 1.82) is 0 Å². The van der Waals surface area contributed by atoms with Gasteiger partial charge in [-0.15, -0.1) is 0 Å². The lowest BCUT2D eigenvalue weighted by Crippen LogP contribution is -2.09. The first kappa shape index (κ1) is 14.8. The van der Waals surface area contributed by atoms with E-state index in [1.54, 1.807) is 25.7 Å². The van der Waals surface area contributed by atoms with Gasteiger partial charge in [-0.25, -0.2) is 9.97 Å². The normalized spacial score (nSPS) is 17.0. The van der Waals surface area contributed by atoms with E-state index in [0.29, 0.717) is 17.4 Å². The monoisotopic (exact) mass is 321 g/mol. The number of ether oxygens (including phenoxy) is 1. The lowest BCUT2D eigenvalue weighted by atomic mass is 10.0. The molecule has 4 rings (SSSR count). The van der Waals surface area contributed by atoms with Gasteiger partial charge >= 0.3 is 0 Å². The van der Waals surface area contributed by atoms with Gasteiger partial charge in [0.1, 0.15) is 5.71 Å². The molecular formula is C18H19N5O. The number of nitrogens with one attached hydrogen (secondary N) is 1. The Morgan fingerprint density at radius 2 is 2.00 bits per heavy atom. The number of rotatable bonds is 5. The number of aromatic nitrogens is 3. The minimum absolute atomic E-state index is 0.596. The Labute approximate surface area is 140 Å². The third-order valence-electron chi connectivity index (χ3n) is 4.44. The fraction of sp³-hybridized carbons (Fsp3) is 0.333. The van der Waals surface area contributed by atoms with Crippen molar-refractivity contribution in [2.75, 3.05) is 19.0 Å². The molecule has 0 bridgehead atoms. The van der Waals surface area contributed by atoms with Crippen molar-refractivity contribution in [3.05, 3.63) is 47.7 Å². The number of allylic oxidation sites excluding steroid dienone is 1. The molecule has 2 aromatic rings. The fourth-order valence-corrected chi connectivity index (χ4v) is 2.95. The minimum atomic E-state index is 0.596. The summed E-state index contributed by atoms with van der Waals surface area (Å²) in [5.41, 5.74) is 4.48. The van der Waals surface area contributed by atoms with Crippen molar-refractivity contribution < 1.29 is 4.74 Å². The summed E-state index contributed by atoms with van der Waals surface area (Å²) < 4.78 is 5.38. The number of methoxy groups -OCH3 is 1. The van der Waals surface area contributed by atoms with Gasteiger partial charge in [0, 0.05) is 18.1 Å². The molecule has 6 nitrogen and oxygen atoms in total. The molecule has 1 saturated carbocycles. The summed E-state index contributed by atoms with van der Waals surface area (Å²) in [6, 6.07) is 3.76. The molecule has 1 fully saturated rings. The highest BCUT2D eigenvalue weighted by molar-refractivity contribution is 6.12. The second kappa shape index (κ2) is 6.03. The van der Waals surface area contributed by atoms with Crippen molar-refractivity contribution in [3.8, 4) is 5.75 Å². The van der Waals surface area contributed by atoms with Crippen LogP contribution in [0, 0.1) is 5.92 Å². The van der Waals surface area contributed by atoms with E-state index < -0.39 is 0 Å². The lowest BCUT2D eigenvalue weighted by molar-refractivity contribution is 0.413. The molecule has 0 aromatic carbocycles. The molecule has 1 N–H and O–H groups in total. The van der Waals surface area contributed by atoms with E-state index in [4.69, 9.17) is 4.74 Å². The van der Waals surface area contributed by atoms with Crippen LogP contribution in [0.25, 0.3) is 0 Å². The van der Waals surface area contributed by atoms with Crippen molar-refractivity contribution in [3.63, 3.8) is 0 Å². The zero-order chi connectivity index (χ0) is 16.5. The van der Waals surface area contributed by atoms with Crippen molar-refractivity contribution in [2.45, 2.75) is 19.8 Å². The van der Waals surface area contributed by atoms with Gasteiger partial charge in [-0.3, -0.25) is 9.98 Å². The standard InChI is InChI=1S/C18H19N5O/c1-11-14(12-3-4-12)9-20-16(11)18-21-10-15(24-2)17(23-18)22-13-5-7-19-8-6-13/h5-8,10,12H,3-4,9H2,1-2H3,(H,19,21,22,23). The maximum absolute atomic E-state index is 5.38. The number of hydrogen-bond donors (Lipinski definition) is 1. The topological polar surface area (TPSA) is 72.3 Å². The van der Waals surface area contributed by atoms with E-state index >= 15 is 0 Å². The first-order valence-corrected chi connectivity index (χ1v) is 8.09. The summed E-state index contributed by atoms with van der Waals surface area (Å²) in [4.78, 5) is 17.8. The van der Waals surface area contributed by atoms with Crippen molar-refractivity contribution in [1.82, 2.24) is 15.0 Å². The molecule has 0 amide bonds. The van der Waals surface area contributed by atoms with E-state index in [2.05, 4.69) is 32.2 Å². The minimum Gasteiger partial charge on any atom is -0.491 e. The van der Waals surface area contributed by atoms with Gasteiger partial charge in [0.25, 0.3) is 0 Å². The Morgan fingerprint density at radius 1 is 1.21 bits per heavy atom. The first-order chi connectivity index (χ1) is 11.8. The number of nitrogens with zero attached hydrogens (tertiary/aromatic N) is 4. The molecule has 122 valence electrons. The molecule has 0 saturated heterocycles. The predicted octanol–water partition coefficient (Wildman–Crippen LogP) is 3.15. The van der Waals surface area contributed by atoms with Gasteiger partial charge in [-0.2, -0.15) is 0 Å². The largest absolute Gasteiger partial charge is 0.491 e. The highest BCUT2D eigenvalue weighted by Crippen LogP contribution is 2.40. The summed E-state index contributed by atoms with van der Waals surface area (Å²) in [7, 11) is 1.61. The highest BCUT2D eigenvalue weighted by Gasteiger charge is 2.32. The molecule has 24 heavy (non-hydrogen) atoms. The van der Waals surface area contributed by atoms with Crippen LogP contribution in [0.2, 0.25) is 0 Å². The number of pyridine rings is 1. The number of anilines is 2. The molecule has 3 heterocycles. The number of hydrogen-bond acceptors (Lipinski definition) is 6. The second-order valence-electron chi connectivity index (χ2n) is 6.06. The van der Waals surface area contributed by atoms with Gasteiger partial charge in [0.05, 0.1) is 19.9 Å². The zero-order valence-electron chi connectivity index (χ0n) is 13.8. The first-order valence-electron chi connectivity index (χ1n) is 8.09. The summed E-state index contributed by atoms with van der Waals surface area (Å²) in [5.74, 6) is 2.58. The summed E-state index contributed by atoms with van der Waals surface area (Å²) >= 11 is 0. The summed E-state index contributed by atoms with van der Waals surface area (Å²) in [6.45, 7) is 2.91. The van der Waals surface area contributed by atoms with Crippen LogP contribution < -0.4 is 10.1 Å². The van der Waals surface area contributed by atoms with Gasteiger partial charge in [-0.1, -0.05) is 0 Å². The van der Waals surface area contributed by atoms with Crippen molar-refractivity contribution in [2.24, 2.45) is 10.9 Å². The molecule has 2 aromatic heterocycles. The SMILES string of the molecule is COc1cnc(C2=NCC(C3CC3)=C2C)nc1Nc1ccncc1. The Kier molecular flexibility index (Phi) is 3.72. The van der Waals surface area contributed by atoms with E-state index in [1.165, 1.54) is 24.0 Å². The second-order valence-corrected chi connectivity index (χ2v) is 6.06. The molecule has 0 spiro atoms. The lowest BCUT2D eigenvalue weighted by Gasteiger charge is -2.11. The molecular weight excluding hydrogens is 302 g/mol. The van der Waals surface area contributed by atoms with E-state index in [0.717, 1.165) is 23.9 Å². The van der Waals surface area contributed by atoms with Crippen LogP contribution in [-0.4, -0.2) is 34.3 Å². The quantitative estimate of drug-likeness (QED) is 0.916. The van der Waals surface area contributed by atoms with Crippen LogP contribution in [-0.2, 0) is 0 Å². The van der Waals surface area contributed by atoms with E-state index in [1.807, 2.05) is 12.1 Å². The summed E-state index contributed by atoms with van der Waals surface area (Å²) in [6.07, 6.45) is 7.72. The predicted molar refractivity (Wildman–Crippen MR) is 92.9 cm³/mol. The van der Waals surface area contributed by atoms with Gasteiger partial charge in [0.2, 0.25) is 0 Å². The van der Waals surface area contributed by atoms with Crippen molar-refractivity contribution >= 4 is 17.2 Å². The van der Waals surface area contributed by atoms with Crippen LogP contribution >= 0.6 is 0 Å². The van der Waals surface area contributed by atoms with Crippen LogP contribution in [0.5, 0.6) is 5.75 Å². The molecule has 2 aliphatic rings. The average Bonchev–Trinajstić information content (AvgIpc) is 3.38. The van der Waals surface area contributed by atoms with Gasteiger partial charge in [0.15, 0.2) is 17.4 Å². The van der Waals surface area contributed by atoms with Crippen LogP contribution in [0.4, 0.5) is 11.5 Å². The maximum atomic E-state index is 5.38. The smallest absolute Gasteiger partial charge is 0.180 e. The molecule has 0 atom stereocenters. The third kappa shape index (κ3) is 2.75. The Morgan fingerprint density at radius 3 is 2.71 bits per heavy atom. The fourth-order valence-electron chi connectivity index (χ4n) is 2.95. The summed E-state index contributed by atoms with van der Waals surface area (Å²) in [5, 5.41) is 3.26. The number of aliphatic imine (C=N–C) groups is 1. The van der Waals surface area contributed by atoms with Crippen LogP contribution in [0.3, 0.4) is 0 Å². The van der Waals surface area contributed by atoms with E-state index in [-0.39, 0.29) is 0 Å². The maximum Gasteiger partial charge on any atom is 0.180 e. The highest BCUT2D eigenvalue weighted by atomic mass is 16.5. The Hall–Kier alpha value is -2.76. The average molecular weight is 321 g/mol.